The molecule has 0 aromatic heterocycles. The minimum atomic E-state index is -0.970. The van der Waals surface area contributed by atoms with Crippen LogP contribution in [0, 0.1) is 5.92 Å². The minimum Gasteiger partial charge on any atom is -0.480 e. The first-order valence-electron chi connectivity index (χ1n) is 7.12. The summed E-state index contributed by atoms with van der Waals surface area (Å²) in [5.41, 5.74) is 0. The second-order valence-corrected chi connectivity index (χ2v) is 5.24. The zero-order chi connectivity index (χ0) is 14.1. The normalized spacial score (nSPS) is 16.3. The SMILES string of the molecule is COCCN(CC(=O)O)C(=O)CCC1CCCCC1. The summed E-state index contributed by atoms with van der Waals surface area (Å²) >= 11 is 0. The quantitative estimate of drug-likeness (QED) is 0.732. The van der Waals surface area contributed by atoms with Crippen LogP contribution in [0.1, 0.15) is 44.9 Å². The van der Waals surface area contributed by atoms with Gasteiger partial charge < -0.3 is 14.7 Å². The number of carboxylic acid groups (broad SMARTS) is 1. The Morgan fingerprint density at radius 3 is 2.53 bits per heavy atom. The number of carbonyl (C=O) groups excluding carboxylic acids is 1. The summed E-state index contributed by atoms with van der Waals surface area (Å²) in [7, 11) is 1.55. The van der Waals surface area contributed by atoms with Gasteiger partial charge >= 0.3 is 5.97 Å². The van der Waals surface area contributed by atoms with Crippen molar-refractivity contribution < 1.29 is 19.4 Å². The Morgan fingerprint density at radius 1 is 1.26 bits per heavy atom. The molecule has 0 radical (unpaired) electrons. The first kappa shape index (κ1) is 16.0. The third kappa shape index (κ3) is 6.57. The maximum atomic E-state index is 12.0. The summed E-state index contributed by atoms with van der Waals surface area (Å²) in [6, 6.07) is 0. The van der Waals surface area contributed by atoms with E-state index in [4.69, 9.17) is 9.84 Å². The number of aliphatic carboxylic acids is 1. The molecular formula is C14H25NO4. The highest BCUT2D eigenvalue weighted by Gasteiger charge is 2.19. The molecule has 1 saturated carbocycles. The maximum absolute atomic E-state index is 12.0. The number of hydrogen-bond donors (Lipinski definition) is 1. The highest BCUT2D eigenvalue weighted by molar-refractivity contribution is 5.81. The molecule has 1 fully saturated rings. The first-order chi connectivity index (χ1) is 9.13. The van der Waals surface area contributed by atoms with Crippen LogP contribution in [0.2, 0.25) is 0 Å². The zero-order valence-corrected chi connectivity index (χ0v) is 11.8. The predicted octanol–water partition coefficient (Wildman–Crippen LogP) is 1.91. The second-order valence-electron chi connectivity index (χ2n) is 5.24. The third-order valence-electron chi connectivity index (χ3n) is 3.74. The number of nitrogens with zero attached hydrogens (tertiary/aromatic N) is 1. The van der Waals surface area contributed by atoms with Gasteiger partial charge in [-0.05, 0) is 12.3 Å². The number of methoxy groups -OCH3 is 1. The Balaban J connectivity index is 2.34. The van der Waals surface area contributed by atoms with Crippen molar-refractivity contribution in [3.8, 4) is 0 Å². The number of ether oxygens (including phenoxy) is 1. The molecule has 0 aliphatic heterocycles. The second kappa shape index (κ2) is 8.91. The molecule has 19 heavy (non-hydrogen) atoms. The van der Waals surface area contributed by atoms with Gasteiger partial charge in [0.05, 0.1) is 6.61 Å². The van der Waals surface area contributed by atoms with E-state index in [-0.39, 0.29) is 12.5 Å². The molecule has 0 heterocycles. The molecule has 0 unspecified atom stereocenters. The molecule has 1 aliphatic carbocycles. The topological polar surface area (TPSA) is 66.8 Å². The highest BCUT2D eigenvalue weighted by atomic mass is 16.5. The Hall–Kier alpha value is -1.10. The van der Waals surface area contributed by atoms with Crippen molar-refractivity contribution in [1.82, 2.24) is 4.90 Å². The van der Waals surface area contributed by atoms with Crippen molar-refractivity contribution >= 4 is 11.9 Å². The average Bonchev–Trinajstić information content (AvgIpc) is 2.41. The fourth-order valence-electron chi connectivity index (χ4n) is 2.62. The smallest absolute Gasteiger partial charge is 0.323 e. The molecular weight excluding hydrogens is 246 g/mol. The summed E-state index contributed by atoms with van der Waals surface area (Å²) < 4.78 is 4.91. The summed E-state index contributed by atoms with van der Waals surface area (Å²) in [5.74, 6) is -0.390. The van der Waals surface area contributed by atoms with Crippen molar-refractivity contribution in [3.05, 3.63) is 0 Å². The van der Waals surface area contributed by atoms with Crippen LogP contribution < -0.4 is 0 Å². The van der Waals surface area contributed by atoms with Crippen molar-refractivity contribution in [3.63, 3.8) is 0 Å². The van der Waals surface area contributed by atoms with Gasteiger partial charge in [0.2, 0.25) is 5.91 Å². The fourth-order valence-corrected chi connectivity index (χ4v) is 2.62. The van der Waals surface area contributed by atoms with Gasteiger partial charge in [0, 0.05) is 20.1 Å². The summed E-state index contributed by atoms with van der Waals surface area (Å²) in [4.78, 5) is 24.2. The molecule has 110 valence electrons. The van der Waals surface area contributed by atoms with Crippen LogP contribution in [0.3, 0.4) is 0 Å². The lowest BCUT2D eigenvalue weighted by Crippen LogP contribution is -2.38. The van der Waals surface area contributed by atoms with Crippen LogP contribution in [0.4, 0.5) is 0 Å². The van der Waals surface area contributed by atoms with Crippen molar-refractivity contribution in [1.29, 1.82) is 0 Å². The molecule has 0 aromatic rings. The zero-order valence-electron chi connectivity index (χ0n) is 11.8. The average molecular weight is 271 g/mol. The van der Waals surface area contributed by atoms with Gasteiger partial charge in [0.1, 0.15) is 6.54 Å². The van der Waals surface area contributed by atoms with Crippen molar-refractivity contribution in [2.45, 2.75) is 44.9 Å². The van der Waals surface area contributed by atoms with E-state index >= 15 is 0 Å². The Morgan fingerprint density at radius 2 is 1.95 bits per heavy atom. The van der Waals surface area contributed by atoms with Gasteiger partial charge in [-0.3, -0.25) is 9.59 Å². The van der Waals surface area contributed by atoms with Crippen LogP contribution in [0.25, 0.3) is 0 Å². The van der Waals surface area contributed by atoms with Crippen LogP contribution in [0.5, 0.6) is 0 Å². The van der Waals surface area contributed by atoms with E-state index in [0.29, 0.717) is 25.5 Å². The van der Waals surface area contributed by atoms with E-state index in [1.54, 1.807) is 7.11 Å². The lowest BCUT2D eigenvalue weighted by Gasteiger charge is -2.24. The van der Waals surface area contributed by atoms with E-state index in [9.17, 15) is 9.59 Å². The van der Waals surface area contributed by atoms with Crippen LogP contribution in [-0.2, 0) is 14.3 Å². The lowest BCUT2D eigenvalue weighted by molar-refractivity contribution is -0.145. The molecule has 1 rings (SSSR count). The largest absolute Gasteiger partial charge is 0.480 e. The molecule has 0 bridgehead atoms. The molecule has 1 aliphatic rings. The third-order valence-corrected chi connectivity index (χ3v) is 3.74. The summed E-state index contributed by atoms with van der Waals surface area (Å²) in [5, 5.41) is 8.81. The molecule has 1 N–H and O–H groups in total. The molecule has 0 spiro atoms. The molecule has 0 atom stereocenters. The standard InChI is InChI=1S/C14H25NO4/c1-19-10-9-15(11-14(17)18)13(16)8-7-12-5-3-2-4-6-12/h12H,2-11H2,1H3,(H,17,18). The van der Waals surface area contributed by atoms with Gasteiger partial charge in [0.25, 0.3) is 0 Å². The number of amides is 1. The van der Waals surface area contributed by atoms with Gasteiger partial charge in [0.15, 0.2) is 0 Å². The Kier molecular flexibility index (Phi) is 7.48. The molecule has 1 amide bonds. The van der Waals surface area contributed by atoms with Gasteiger partial charge in [-0.15, -0.1) is 0 Å². The number of hydrogen-bond acceptors (Lipinski definition) is 3. The minimum absolute atomic E-state index is 0.0648. The summed E-state index contributed by atoms with van der Waals surface area (Å²) in [6.45, 7) is 0.502. The van der Waals surface area contributed by atoms with Crippen LogP contribution >= 0.6 is 0 Å². The Labute approximate surface area is 114 Å². The van der Waals surface area contributed by atoms with E-state index in [1.807, 2.05) is 0 Å². The molecule has 5 nitrogen and oxygen atoms in total. The van der Waals surface area contributed by atoms with Gasteiger partial charge in [-0.25, -0.2) is 0 Å². The Bertz CT molecular complexity index is 287. The molecule has 0 aromatic carbocycles. The lowest BCUT2D eigenvalue weighted by atomic mass is 9.86. The van der Waals surface area contributed by atoms with Crippen molar-refractivity contribution in [2.24, 2.45) is 5.92 Å². The number of carboxylic acids is 1. The maximum Gasteiger partial charge on any atom is 0.323 e. The van der Waals surface area contributed by atoms with E-state index < -0.39 is 5.97 Å². The number of rotatable bonds is 8. The van der Waals surface area contributed by atoms with Gasteiger partial charge in [-0.1, -0.05) is 32.1 Å². The fraction of sp³-hybridized carbons (Fsp3) is 0.857. The van der Waals surface area contributed by atoms with E-state index in [1.165, 1.54) is 37.0 Å². The monoisotopic (exact) mass is 271 g/mol. The first-order valence-corrected chi connectivity index (χ1v) is 7.12. The summed E-state index contributed by atoms with van der Waals surface area (Å²) in [6.07, 6.45) is 7.62. The number of carbonyl (C=O) groups is 2. The van der Waals surface area contributed by atoms with E-state index in [2.05, 4.69) is 0 Å². The highest BCUT2D eigenvalue weighted by Crippen LogP contribution is 2.27. The predicted molar refractivity (Wildman–Crippen MR) is 71.9 cm³/mol. The molecule has 5 heteroatoms. The van der Waals surface area contributed by atoms with Crippen molar-refractivity contribution in [2.75, 3.05) is 26.8 Å². The molecule has 0 saturated heterocycles. The van der Waals surface area contributed by atoms with E-state index in [0.717, 1.165) is 6.42 Å². The van der Waals surface area contributed by atoms with Crippen LogP contribution in [-0.4, -0.2) is 48.7 Å². The van der Waals surface area contributed by atoms with Gasteiger partial charge in [-0.2, -0.15) is 0 Å². The van der Waals surface area contributed by atoms with Crippen LogP contribution in [0.15, 0.2) is 0 Å².